The van der Waals surface area contributed by atoms with Crippen molar-refractivity contribution in [2.45, 2.75) is 0 Å². The lowest BCUT2D eigenvalue weighted by molar-refractivity contribution is 0.901. The van der Waals surface area contributed by atoms with Gasteiger partial charge in [-0.15, -0.1) is 0 Å². The van der Waals surface area contributed by atoms with Crippen molar-refractivity contribution in [2.24, 2.45) is 0 Å². The highest BCUT2D eigenvalue weighted by Crippen LogP contribution is 2.17. The molecule has 1 N–H and O–H groups in total. The Balaban J connectivity index is 2.47. The summed E-state index contributed by atoms with van der Waals surface area (Å²) in [5.74, 6) is 0. The number of aromatic amines is 1. The van der Waals surface area contributed by atoms with Gasteiger partial charge in [-0.25, -0.2) is 9.36 Å². The molecule has 0 atom stereocenters. The first kappa shape index (κ1) is 11.7. The van der Waals surface area contributed by atoms with E-state index in [1.54, 1.807) is 48.5 Å². The van der Waals surface area contributed by atoms with Crippen LogP contribution in [0.4, 0.5) is 0 Å². The maximum absolute atomic E-state index is 12.4. The Kier molecular flexibility index (Phi) is 2.72. The Bertz CT molecular complexity index is 880. The standard InChI is InChI=1S/C14H9ClN2O2/c15-10-6-2-4-8-12(10)17-13(18)9-5-1-3-7-11(9)16-14(17)19/h1-8H,(H,16,19). The van der Waals surface area contributed by atoms with Gasteiger partial charge in [-0.1, -0.05) is 35.9 Å². The molecule has 0 aliphatic carbocycles. The van der Waals surface area contributed by atoms with Crippen molar-refractivity contribution in [3.63, 3.8) is 0 Å². The summed E-state index contributed by atoms with van der Waals surface area (Å²) in [5.41, 5.74) is 0.00576. The Morgan fingerprint density at radius 1 is 0.947 bits per heavy atom. The van der Waals surface area contributed by atoms with E-state index in [9.17, 15) is 9.59 Å². The van der Waals surface area contributed by atoms with Crippen molar-refractivity contribution in [1.82, 2.24) is 9.55 Å². The molecule has 19 heavy (non-hydrogen) atoms. The number of hydrogen-bond donors (Lipinski definition) is 1. The molecule has 5 heteroatoms. The van der Waals surface area contributed by atoms with E-state index in [2.05, 4.69) is 4.98 Å². The molecule has 0 amide bonds. The van der Waals surface area contributed by atoms with Crippen molar-refractivity contribution >= 4 is 22.5 Å². The molecule has 4 nitrogen and oxygen atoms in total. The number of aromatic nitrogens is 2. The summed E-state index contributed by atoms with van der Waals surface area (Å²) in [7, 11) is 0. The largest absolute Gasteiger partial charge is 0.333 e. The molecule has 0 aliphatic rings. The number of para-hydroxylation sites is 2. The molecule has 0 spiro atoms. The van der Waals surface area contributed by atoms with Crippen LogP contribution in [0.3, 0.4) is 0 Å². The van der Waals surface area contributed by atoms with Crippen LogP contribution in [0.1, 0.15) is 0 Å². The molecule has 0 saturated heterocycles. The SMILES string of the molecule is O=c1[nH]c2ccccc2c(=O)n1-c1ccccc1Cl. The van der Waals surface area contributed by atoms with Crippen LogP contribution >= 0.6 is 11.6 Å². The minimum atomic E-state index is -0.503. The van der Waals surface area contributed by atoms with Crippen LogP contribution in [0.15, 0.2) is 58.1 Å². The van der Waals surface area contributed by atoms with Crippen LogP contribution in [0.2, 0.25) is 5.02 Å². The molecule has 1 heterocycles. The molecule has 0 aliphatic heterocycles. The summed E-state index contributed by atoms with van der Waals surface area (Å²) in [6, 6.07) is 13.6. The second kappa shape index (κ2) is 4.40. The van der Waals surface area contributed by atoms with Gasteiger partial charge in [0.2, 0.25) is 0 Å². The highest BCUT2D eigenvalue weighted by Gasteiger charge is 2.11. The lowest BCUT2D eigenvalue weighted by atomic mass is 10.2. The van der Waals surface area contributed by atoms with E-state index in [1.165, 1.54) is 0 Å². The summed E-state index contributed by atoms with van der Waals surface area (Å²) in [4.78, 5) is 27.1. The van der Waals surface area contributed by atoms with E-state index in [1.807, 2.05) is 0 Å². The lowest BCUT2D eigenvalue weighted by Crippen LogP contribution is -2.33. The number of nitrogens with zero attached hydrogens (tertiary/aromatic N) is 1. The first-order valence-electron chi connectivity index (χ1n) is 5.67. The third kappa shape index (κ3) is 1.86. The highest BCUT2D eigenvalue weighted by molar-refractivity contribution is 6.32. The van der Waals surface area contributed by atoms with Gasteiger partial charge < -0.3 is 4.98 Å². The van der Waals surface area contributed by atoms with Crippen LogP contribution < -0.4 is 11.2 Å². The number of rotatable bonds is 1. The summed E-state index contributed by atoms with van der Waals surface area (Å²) in [5, 5.41) is 0.799. The molecule has 1 aromatic heterocycles. The van der Waals surface area contributed by atoms with Crippen molar-refractivity contribution in [3.8, 4) is 5.69 Å². The van der Waals surface area contributed by atoms with Gasteiger partial charge in [0.25, 0.3) is 5.56 Å². The number of halogens is 1. The predicted molar refractivity (Wildman–Crippen MR) is 75.2 cm³/mol. The zero-order valence-corrected chi connectivity index (χ0v) is 10.5. The molecule has 3 aromatic rings. The number of nitrogens with one attached hydrogen (secondary N) is 1. The minimum Gasteiger partial charge on any atom is -0.306 e. The average Bonchev–Trinajstić information content (AvgIpc) is 2.41. The smallest absolute Gasteiger partial charge is 0.306 e. The van der Waals surface area contributed by atoms with Gasteiger partial charge in [-0.2, -0.15) is 0 Å². The minimum absolute atomic E-state index is 0.352. The first-order valence-corrected chi connectivity index (χ1v) is 6.05. The van der Waals surface area contributed by atoms with E-state index in [4.69, 9.17) is 11.6 Å². The lowest BCUT2D eigenvalue weighted by Gasteiger charge is -2.07. The molecule has 0 radical (unpaired) electrons. The van der Waals surface area contributed by atoms with Crippen LogP contribution in [-0.4, -0.2) is 9.55 Å². The van der Waals surface area contributed by atoms with Crippen molar-refractivity contribution in [1.29, 1.82) is 0 Å². The molecular weight excluding hydrogens is 264 g/mol. The summed E-state index contributed by atoms with van der Waals surface area (Å²) in [6.07, 6.45) is 0. The maximum atomic E-state index is 12.4. The van der Waals surface area contributed by atoms with E-state index >= 15 is 0 Å². The van der Waals surface area contributed by atoms with E-state index in [0.29, 0.717) is 21.6 Å². The second-order valence-corrected chi connectivity index (χ2v) is 4.47. The van der Waals surface area contributed by atoms with Crippen molar-refractivity contribution in [2.75, 3.05) is 0 Å². The fourth-order valence-electron chi connectivity index (χ4n) is 2.01. The van der Waals surface area contributed by atoms with Crippen LogP contribution in [0, 0.1) is 0 Å². The number of fused-ring (bicyclic) bond motifs is 1. The topological polar surface area (TPSA) is 54.9 Å². The van der Waals surface area contributed by atoms with Crippen LogP contribution in [0.5, 0.6) is 0 Å². The van der Waals surface area contributed by atoms with Gasteiger partial charge in [0.15, 0.2) is 0 Å². The van der Waals surface area contributed by atoms with Crippen LogP contribution in [-0.2, 0) is 0 Å². The molecule has 0 fully saturated rings. The van der Waals surface area contributed by atoms with Gasteiger partial charge in [0.05, 0.1) is 21.6 Å². The maximum Gasteiger partial charge on any atom is 0.333 e. The molecule has 94 valence electrons. The fourth-order valence-corrected chi connectivity index (χ4v) is 2.23. The Morgan fingerprint density at radius 3 is 2.42 bits per heavy atom. The second-order valence-electron chi connectivity index (χ2n) is 4.07. The Morgan fingerprint density at radius 2 is 1.63 bits per heavy atom. The number of hydrogen-bond acceptors (Lipinski definition) is 2. The Labute approximate surface area is 112 Å². The molecule has 2 aromatic carbocycles. The highest BCUT2D eigenvalue weighted by atomic mass is 35.5. The number of H-pyrrole nitrogens is 1. The van der Waals surface area contributed by atoms with Gasteiger partial charge in [-0.3, -0.25) is 4.79 Å². The quantitative estimate of drug-likeness (QED) is 0.739. The zero-order valence-electron chi connectivity index (χ0n) is 9.76. The molecular formula is C14H9ClN2O2. The van der Waals surface area contributed by atoms with Crippen molar-refractivity contribution in [3.05, 3.63) is 74.4 Å². The summed E-state index contributed by atoms with van der Waals surface area (Å²) < 4.78 is 1.05. The zero-order chi connectivity index (χ0) is 13.4. The predicted octanol–water partition coefficient (Wildman–Crippen LogP) is 2.33. The van der Waals surface area contributed by atoms with E-state index in [0.717, 1.165) is 4.57 Å². The summed E-state index contributed by atoms with van der Waals surface area (Å²) in [6.45, 7) is 0. The van der Waals surface area contributed by atoms with Gasteiger partial charge >= 0.3 is 5.69 Å². The normalized spacial score (nSPS) is 10.8. The van der Waals surface area contributed by atoms with Gasteiger partial charge in [-0.05, 0) is 24.3 Å². The fraction of sp³-hybridized carbons (Fsp3) is 0. The van der Waals surface area contributed by atoms with Crippen molar-refractivity contribution < 1.29 is 0 Å². The van der Waals surface area contributed by atoms with Gasteiger partial charge in [0.1, 0.15) is 0 Å². The monoisotopic (exact) mass is 272 g/mol. The third-order valence-electron chi connectivity index (χ3n) is 2.90. The third-order valence-corrected chi connectivity index (χ3v) is 3.22. The molecule has 0 bridgehead atoms. The van der Waals surface area contributed by atoms with E-state index < -0.39 is 5.69 Å². The van der Waals surface area contributed by atoms with Crippen LogP contribution in [0.25, 0.3) is 16.6 Å². The Hall–Kier alpha value is -2.33. The van der Waals surface area contributed by atoms with E-state index in [-0.39, 0.29) is 5.56 Å². The number of benzene rings is 2. The summed E-state index contributed by atoms with van der Waals surface area (Å²) >= 11 is 6.04. The van der Waals surface area contributed by atoms with Gasteiger partial charge in [0, 0.05) is 0 Å². The molecule has 3 rings (SSSR count). The average molecular weight is 273 g/mol. The molecule has 0 unspecified atom stereocenters. The first-order chi connectivity index (χ1) is 9.18. The molecule has 0 saturated carbocycles.